The summed E-state index contributed by atoms with van der Waals surface area (Å²) in [5.41, 5.74) is 0. The first-order valence-corrected chi connectivity index (χ1v) is 4.19. The quantitative estimate of drug-likeness (QED) is 0.562. The van der Waals surface area contributed by atoms with Crippen molar-refractivity contribution in [2.45, 2.75) is 19.8 Å². The van der Waals surface area contributed by atoms with Crippen molar-refractivity contribution in [2.24, 2.45) is 5.92 Å². The Morgan fingerprint density at radius 3 is 2.82 bits per heavy atom. The molecule has 0 aromatic carbocycles. The number of nitrogens with zero attached hydrogens (tertiary/aromatic N) is 1. The summed E-state index contributed by atoms with van der Waals surface area (Å²) >= 11 is 0. The average Bonchev–Trinajstić information content (AvgIpc) is 1.94. The predicted octanol–water partition coefficient (Wildman–Crippen LogP) is 1.43. The maximum Gasteiger partial charge on any atom is 0.245 e. The average molecular weight is 153 g/mol. The molecule has 11 heavy (non-hydrogen) atoms. The summed E-state index contributed by atoms with van der Waals surface area (Å²) < 4.78 is 0. The van der Waals surface area contributed by atoms with Crippen molar-refractivity contribution in [1.82, 2.24) is 4.90 Å². The molecule has 1 aliphatic heterocycles. The Balaban J connectivity index is 2.18. The Morgan fingerprint density at radius 1 is 1.73 bits per heavy atom. The van der Waals surface area contributed by atoms with Gasteiger partial charge in [-0.1, -0.05) is 19.9 Å². The summed E-state index contributed by atoms with van der Waals surface area (Å²) in [6.45, 7) is 7.51. The van der Waals surface area contributed by atoms with Crippen LogP contribution in [-0.4, -0.2) is 23.9 Å². The Morgan fingerprint density at radius 2 is 2.36 bits per heavy atom. The third kappa shape index (κ3) is 1.82. The van der Waals surface area contributed by atoms with Crippen LogP contribution in [0.4, 0.5) is 0 Å². The fraction of sp³-hybridized carbons (Fsp3) is 0.667. The molecule has 0 aromatic rings. The highest BCUT2D eigenvalue weighted by Gasteiger charge is 2.27. The van der Waals surface area contributed by atoms with Crippen LogP contribution in [0.2, 0.25) is 0 Å². The first-order valence-electron chi connectivity index (χ1n) is 4.19. The number of rotatable bonds is 3. The second-order valence-corrected chi connectivity index (χ2v) is 3.10. The van der Waals surface area contributed by atoms with E-state index >= 15 is 0 Å². The number of carbonyl (C=O) groups is 1. The Hall–Kier alpha value is -0.790. The zero-order valence-electron chi connectivity index (χ0n) is 7.05. The van der Waals surface area contributed by atoms with Gasteiger partial charge in [0.05, 0.1) is 0 Å². The zero-order chi connectivity index (χ0) is 8.27. The highest BCUT2D eigenvalue weighted by atomic mass is 16.2. The summed E-state index contributed by atoms with van der Waals surface area (Å²) in [4.78, 5) is 12.8. The predicted molar refractivity (Wildman–Crippen MR) is 45.2 cm³/mol. The van der Waals surface area contributed by atoms with E-state index in [9.17, 15) is 4.79 Å². The summed E-state index contributed by atoms with van der Waals surface area (Å²) in [6, 6.07) is 0. The van der Waals surface area contributed by atoms with Crippen LogP contribution in [0.25, 0.3) is 0 Å². The summed E-state index contributed by atoms with van der Waals surface area (Å²) in [5.74, 6) is 0.834. The van der Waals surface area contributed by atoms with E-state index in [2.05, 4.69) is 13.5 Å². The van der Waals surface area contributed by atoms with Crippen molar-refractivity contribution in [3.63, 3.8) is 0 Å². The maximum absolute atomic E-state index is 11.0. The van der Waals surface area contributed by atoms with E-state index in [1.54, 1.807) is 0 Å². The van der Waals surface area contributed by atoms with Crippen LogP contribution in [0.15, 0.2) is 12.7 Å². The van der Waals surface area contributed by atoms with Gasteiger partial charge in [-0.3, -0.25) is 4.79 Å². The van der Waals surface area contributed by atoms with Crippen molar-refractivity contribution < 1.29 is 4.79 Å². The molecule has 1 fully saturated rings. The third-order valence-corrected chi connectivity index (χ3v) is 2.14. The van der Waals surface area contributed by atoms with Crippen LogP contribution in [0, 0.1) is 5.92 Å². The fourth-order valence-corrected chi connectivity index (χ4v) is 1.47. The van der Waals surface area contributed by atoms with Gasteiger partial charge in [0.2, 0.25) is 5.91 Å². The zero-order valence-corrected chi connectivity index (χ0v) is 7.05. The molecule has 0 saturated carbocycles. The van der Waals surface area contributed by atoms with E-state index in [4.69, 9.17) is 0 Å². The molecule has 0 N–H and O–H groups in total. The van der Waals surface area contributed by atoms with Crippen molar-refractivity contribution in [3.05, 3.63) is 12.7 Å². The molecule has 0 unspecified atom stereocenters. The van der Waals surface area contributed by atoms with Gasteiger partial charge < -0.3 is 4.90 Å². The third-order valence-electron chi connectivity index (χ3n) is 2.14. The molecule has 2 heteroatoms. The molecule has 1 aliphatic rings. The minimum atomic E-state index is 0.0809. The Labute approximate surface area is 67.9 Å². The van der Waals surface area contributed by atoms with Gasteiger partial charge in [-0.05, 0) is 18.4 Å². The van der Waals surface area contributed by atoms with Gasteiger partial charge in [-0.25, -0.2) is 0 Å². The second-order valence-electron chi connectivity index (χ2n) is 3.10. The lowest BCUT2D eigenvalue weighted by Crippen LogP contribution is -2.49. The van der Waals surface area contributed by atoms with Gasteiger partial charge in [0.1, 0.15) is 0 Å². The lowest BCUT2D eigenvalue weighted by molar-refractivity contribution is -0.132. The van der Waals surface area contributed by atoms with Crippen LogP contribution in [0.1, 0.15) is 19.8 Å². The number of hydrogen-bond donors (Lipinski definition) is 0. The number of carbonyl (C=O) groups excluding carboxylic acids is 1. The van der Waals surface area contributed by atoms with Gasteiger partial charge in [-0.15, -0.1) is 0 Å². The molecule has 0 atom stereocenters. The molecule has 1 amide bonds. The normalized spacial score (nSPS) is 17.7. The molecule has 0 bridgehead atoms. The van der Waals surface area contributed by atoms with Crippen molar-refractivity contribution in [3.8, 4) is 0 Å². The van der Waals surface area contributed by atoms with Gasteiger partial charge in [-0.2, -0.15) is 0 Å². The number of amides is 1. The molecule has 1 rings (SSSR count). The SMILES string of the molecule is C=CC(=O)N1CC(CCC)C1. The van der Waals surface area contributed by atoms with E-state index < -0.39 is 0 Å². The minimum Gasteiger partial charge on any atom is -0.338 e. The summed E-state index contributed by atoms with van der Waals surface area (Å²) in [5, 5.41) is 0. The lowest BCUT2D eigenvalue weighted by Gasteiger charge is -2.38. The molecule has 0 radical (unpaired) electrons. The van der Waals surface area contributed by atoms with E-state index in [-0.39, 0.29) is 5.91 Å². The maximum atomic E-state index is 11.0. The molecular formula is C9H15NO. The van der Waals surface area contributed by atoms with Crippen molar-refractivity contribution in [2.75, 3.05) is 13.1 Å². The van der Waals surface area contributed by atoms with Crippen molar-refractivity contribution >= 4 is 5.91 Å². The molecule has 62 valence electrons. The first-order chi connectivity index (χ1) is 5.27. The largest absolute Gasteiger partial charge is 0.338 e. The van der Waals surface area contributed by atoms with E-state index in [1.165, 1.54) is 18.9 Å². The minimum absolute atomic E-state index is 0.0809. The smallest absolute Gasteiger partial charge is 0.245 e. The lowest BCUT2D eigenvalue weighted by atomic mass is 9.95. The standard InChI is InChI=1S/C9H15NO/c1-3-5-8-6-10(7-8)9(11)4-2/h4,8H,2-3,5-7H2,1H3. The van der Waals surface area contributed by atoms with Gasteiger partial charge in [0.25, 0.3) is 0 Å². The molecule has 1 heterocycles. The highest BCUT2D eigenvalue weighted by Crippen LogP contribution is 2.20. The van der Waals surface area contributed by atoms with E-state index in [0.717, 1.165) is 19.0 Å². The number of hydrogen-bond acceptors (Lipinski definition) is 1. The molecule has 0 spiro atoms. The van der Waals surface area contributed by atoms with Crippen LogP contribution in [-0.2, 0) is 4.79 Å². The topological polar surface area (TPSA) is 20.3 Å². The molecule has 1 saturated heterocycles. The van der Waals surface area contributed by atoms with E-state index in [0.29, 0.717) is 0 Å². The molecule has 0 aliphatic carbocycles. The number of likely N-dealkylation sites (tertiary alicyclic amines) is 1. The van der Waals surface area contributed by atoms with Crippen LogP contribution in [0.3, 0.4) is 0 Å². The van der Waals surface area contributed by atoms with Gasteiger partial charge in [0, 0.05) is 13.1 Å². The Kier molecular flexibility index (Phi) is 2.69. The van der Waals surface area contributed by atoms with Crippen LogP contribution in [0.5, 0.6) is 0 Å². The molecule has 0 aromatic heterocycles. The van der Waals surface area contributed by atoms with Gasteiger partial charge >= 0.3 is 0 Å². The summed E-state index contributed by atoms with van der Waals surface area (Å²) in [7, 11) is 0. The second kappa shape index (κ2) is 3.56. The molecular weight excluding hydrogens is 138 g/mol. The monoisotopic (exact) mass is 153 g/mol. The van der Waals surface area contributed by atoms with Crippen LogP contribution >= 0.6 is 0 Å². The van der Waals surface area contributed by atoms with Crippen molar-refractivity contribution in [1.29, 1.82) is 0 Å². The summed E-state index contributed by atoms with van der Waals surface area (Å²) in [6.07, 6.45) is 3.86. The Bertz CT molecular complexity index is 159. The van der Waals surface area contributed by atoms with Crippen LogP contribution < -0.4 is 0 Å². The van der Waals surface area contributed by atoms with Gasteiger partial charge in [0.15, 0.2) is 0 Å². The van der Waals surface area contributed by atoms with E-state index in [1.807, 2.05) is 4.90 Å². The highest BCUT2D eigenvalue weighted by molar-refractivity contribution is 5.87. The fourth-order valence-electron chi connectivity index (χ4n) is 1.47. The molecule has 2 nitrogen and oxygen atoms in total. The first kappa shape index (κ1) is 8.31.